The van der Waals surface area contributed by atoms with Crippen LogP contribution in [0.15, 0.2) is 0 Å². The number of hydrogen-bond acceptors (Lipinski definition) is 1. The van der Waals surface area contributed by atoms with Crippen LogP contribution in [0.1, 0.15) is 39.5 Å². The van der Waals surface area contributed by atoms with Crippen molar-refractivity contribution in [3.63, 3.8) is 0 Å². The molecular formula is C11H23N. The minimum atomic E-state index is 0.685. The van der Waals surface area contributed by atoms with E-state index in [1.54, 1.807) is 0 Å². The lowest BCUT2D eigenvalue weighted by Crippen LogP contribution is -2.36. The Balaban J connectivity index is 2.16. The normalized spacial score (nSPS) is 35.2. The van der Waals surface area contributed by atoms with Crippen molar-refractivity contribution in [1.82, 2.24) is 4.90 Å². The lowest BCUT2D eigenvalue weighted by Gasteiger charge is -2.46. The van der Waals surface area contributed by atoms with Gasteiger partial charge in [-0.3, -0.25) is 0 Å². The summed E-state index contributed by atoms with van der Waals surface area (Å²) in [7, 11) is 4.33. The number of hydrogen-bond donors (Lipinski definition) is 0. The van der Waals surface area contributed by atoms with Crippen molar-refractivity contribution in [2.75, 3.05) is 20.6 Å². The lowest BCUT2D eigenvalue weighted by atomic mass is 9.61. The Hall–Kier alpha value is -0.0400. The third kappa shape index (κ3) is 2.48. The van der Waals surface area contributed by atoms with Gasteiger partial charge in [-0.25, -0.2) is 0 Å². The molecule has 0 N–H and O–H groups in total. The zero-order chi connectivity index (χ0) is 9.19. The first-order valence-corrected chi connectivity index (χ1v) is 5.20. The van der Waals surface area contributed by atoms with Crippen molar-refractivity contribution in [3.05, 3.63) is 0 Å². The van der Waals surface area contributed by atoms with E-state index < -0.39 is 0 Å². The fraction of sp³-hybridized carbons (Fsp3) is 1.00. The van der Waals surface area contributed by atoms with Gasteiger partial charge < -0.3 is 4.90 Å². The van der Waals surface area contributed by atoms with Gasteiger partial charge in [0.15, 0.2) is 0 Å². The van der Waals surface area contributed by atoms with E-state index in [1.165, 1.54) is 32.2 Å². The van der Waals surface area contributed by atoms with Gasteiger partial charge in [0, 0.05) is 0 Å². The highest BCUT2D eigenvalue weighted by Crippen LogP contribution is 2.49. The van der Waals surface area contributed by atoms with Gasteiger partial charge in [-0.1, -0.05) is 20.3 Å². The minimum Gasteiger partial charge on any atom is -0.309 e. The van der Waals surface area contributed by atoms with Gasteiger partial charge in [0.1, 0.15) is 0 Å². The molecule has 1 fully saturated rings. The minimum absolute atomic E-state index is 0.685. The molecular weight excluding hydrogens is 146 g/mol. The van der Waals surface area contributed by atoms with E-state index in [0.29, 0.717) is 5.41 Å². The molecule has 0 aliphatic heterocycles. The molecule has 0 amide bonds. The fourth-order valence-corrected chi connectivity index (χ4v) is 2.32. The highest BCUT2D eigenvalue weighted by Gasteiger charge is 2.38. The summed E-state index contributed by atoms with van der Waals surface area (Å²) in [5.74, 6) is 1.04. The Morgan fingerprint density at radius 2 is 1.92 bits per heavy atom. The first-order chi connectivity index (χ1) is 5.56. The maximum absolute atomic E-state index is 2.45. The summed E-state index contributed by atoms with van der Waals surface area (Å²) in [5, 5.41) is 0. The summed E-state index contributed by atoms with van der Waals surface area (Å²) in [6.45, 7) is 6.02. The molecule has 0 bridgehead atoms. The van der Waals surface area contributed by atoms with E-state index in [9.17, 15) is 0 Å². The molecule has 0 aromatic heterocycles. The van der Waals surface area contributed by atoms with E-state index in [4.69, 9.17) is 0 Å². The summed E-state index contributed by atoms with van der Waals surface area (Å²) in [6.07, 6.45) is 5.71. The zero-order valence-electron chi connectivity index (χ0n) is 9.06. The average Bonchev–Trinajstić information content (AvgIpc) is 1.95. The molecule has 0 aromatic rings. The topological polar surface area (TPSA) is 3.24 Å². The monoisotopic (exact) mass is 169 g/mol. The van der Waals surface area contributed by atoms with Crippen LogP contribution >= 0.6 is 0 Å². The zero-order valence-corrected chi connectivity index (χ0v) is 9.06. The van der Waals surface area contributed by atoms with Crippen LogP contribution in [0.5, 0.6) is 0 Å². The Kier molecular flexibility index (Phi) is 3.16. The first kappa shape index (κ1) is 10.0. The van der Waals surface area contributed by atoms with Gasteiger partial charge in [0.25, 0.3) is 0 Å². The fourth-order valence-electron chi connectivity index (χ4n) is 2.32. The molecule has 0 atom stereocenters. The van der Waals surface area contributed by atoms with Crippen molar-refractivity contribution in [2.45, 2.75) is 39.5 Å². The highest BCUT2D eigenvalue weighted by molar-refractivity contribution is 4.89. The van der Waals surface area contributed by atoms with Crippen molar-refractivity contribution in [1.29, 1.82) is 0 Å². The number of rotatable bonds is 4. The van der Waals surface area contributed by atoms with Crippen LogP contribution in [0, 0.1) is 11.3 Å². The van der Waals surface area contributed by atoms with Crippen molar-refractivity contribution >= 4 is 0 Å². The molecule has 0 saturated heterocycles. The predicted octanol–water partition coefficient (Wildman–Crippen LogP) is 2.76. The third-order valence-electron chi connectivity index (χ3n) is 3.30. The maximum atomic E-state index is 2.45. The van der Waals surface area contributed by atoms with Gasteiger partial charge >= 0.3 is 0 Å². The van der Waals surface area contributed by atoms with Crippen LogP contribution < -0.4 is 0 Å². The van der Waals surface area contributed by atoms with Gasteiger partial charge in [0.05, 0.1) is 0 Å². The SMILES string of the molecule is CC[C@H]1C[C@@](C)(CCN(C)C)C1. The molecule has 0 spiro atoms. The smallest absolute Gasteiger partial charge is 0.00196 e. The van der Waals surface area contributed by atoms with E-state index in [-0.39, 0.29) is 0 Å². The summed E-state index contributed by atoms with van der Waals surface area (Å²) >= 11 is 0. The second kappa shape index (κ2) is 3.78. The summed E-state index contributed by atoms with van der Waals surface area (Å²) < 4.78 is 0. The Bertz CT molecular complexity index is 134. The van der Waals surface area contributed by atoms with Crippen molar-refractivity contribution < 1.29 is 0 Å². The quantitative estimate of drug-likeness (QED) is 0.625. The molecule has 0 aromatic carbocycles. The van der Waals surface area contributed by atoms with E-state index in [0.717, 1.165) is 5.92 Å². The highest BCUT2D eigenvalue weighted by atomic mass is 15.0. The summed E-state index contributed by atoms with van der Waals surface area (Å²) in [6, 6.07) is 0. The van der Waals surface area contributed by atoms with Crippen LogP contribution in [-0.4, -0.2) is 25.5 Å². The lowest BCUT2D eigenvalue weighted by molar-refractivity contribution is 0.0551. The molecule has 1 rings (SSSR count). The largest absolute Gasteiger partial charge is 0.309 e. The van der Waals surface area contributed by atoms with Crippen molar-refractivity contribution in [3.8, 4) is 0 Å². The van der Waals surface area contributed by atoms with Crippen LogP contribution in [-0.2, 0) is 0 Å². The molecule has 0 heterocycles. The third-order valence-corrected chi connectivity index (χ3v) is 3.30. The van der Waals surface area contributed by atoms with Gasteiger partial charge in [-0.15, -0.1) is 0 Å². The molecule has 1 nitrogen and oxygen atoms in total. The van der Waals surface area contributed by atoms with E-state index >= 15 is 0 Å². The summed E-state index contributed by atoms with van der Waals surface area (Å²) in [5.41, 5.74) is 0.685. The number of nitrogens with zero attached hydrogens (tertiary/aromatic N) is 1. The van der Waals surface area contributed by atoms with Crippen LogP contribution in [0.4, 0.5) is 0 Å². The molecule has 0 radical (unpaired) electrons. The van der Waals surface area contributed by atoms with Crippen LogP contribution in [0.2, 0.25) is 0 Å². The van der Waals surface area contributed by atoms with Crippen LogP contribution in [0.3, 0.4) is 0 Å². The average molecular weight is 169 g/mol. The second-order valence-corrected chi connectivity index (χ2v) is 5.05. The molecule has 1 aliphatic carbocycles. The van der Waals surface area contributed by atoms with Crippen LogP contribution in [0.25, 0.3) is 0 Å². The molecule has 1 heteroatoms. The van der Waals surface area contributed by atoms with E-state index in [2.05, 4.69) is 32.8 Å². The van der Waals surface area contributed by atoms with E-state index in [1.807, 2.05) is 0 Å². The Labute approximate surface area is 77.1 Å². The van der Waals surface area contributed by atoms with Gasteiger partial charge in [-0.05, 0) is 51.2 Å². The maximum Gasteiger partial charge on any atom is -0.00196 e. The molecule has 12 heavy (non-hydrogen) atoms. The Morgan fingerprint density at radius 3 is 2.33 bits per heavy atom. The molecule has 0 unspecified atom stereocenters. The summed E-state index contributed by atoms with van der Waals surface area (Å²) in [4.78, 5) is 2.30. The molecule has 72 valence electrons. The molecule has 1 saturated carbocycles. The molecule has 1 aliphatic rings. The van der Waals surface area contributed by atoms with Gasteiger partial charge in [0.2, 0.25) is 0 Å². The van der Waals surface area contributed by atoms with Gasteiger partial charge in [-0.2, -0.15) is 0 Å². The predicted molar refractivity (Wildman–Crippen MR) is 54.3 cm³/mol. The Morgan fingerprint density at radius 1 is 1.33 bits per heavy atom. The first-order valence-electron chi connectivity index (χ1n) is 5.20. The van der Waals surface area contributed by atoms with Crippen molar-refractivity contribution in [2.24, 2.45) is 11.3 Å². The second-order valence-electron chi connectivity index (χ2n) is 5.05. The standard InChI is InChI=1S/C11H23N/c1-5-10-8-11(2,9-10)6-7-12(3)4/h10H,5-9H2,1-4H3/t10-,11+.